The molecule has 0 amide bonds. The van der Waals surface area contributed by atoms with Crippen LogP contribution in [0.2, 0.25) is 18.1 Å². The highest BCUT2D eigenvalue weighted by molar-refractivity contribution is 6.74. The van der Waals surface area contributed by atoms with Gasteiger partial charge in [-0.3, -0.25) is 4.79 Å². The number of Topliss-reactive ketones (excluding diaryl/α,β-unsaturated/α-hetero) is 1. The van der Waals surface area contributed by atoms with Gasteiger partial charge < -0.3 is 14.5 Å². The minimum atomic E-state index is -1.97. The summed E-state index contributed by atoms with van der Waals surface area (Å²) < 4.78 is 12.3. The highest BCUT2D eigenvalue weighted by atomic mass is 28.4. The molecule has 0 saturated carbocycles. The van der Waals surface area contributed by atoms with E-state index in [9.17, 15) is 4.79 Å². The zero-order chi connectivity index (χ0) is 22.7. The molecule has 0 aliphatic carbocycles. The Kier molecular flexibility index (Phi) is 7.97. The second-order valence-corrected chi connectivity index (χ2v) is 15.1. The summed E-state index contributed by atoms with van der Waals surface area (Å²) in [6.07, 6.45) is 4.21. The van der Waals surface area contributed by atoms with Gasteiger partial charge in [-0.05, 0) is 79.2 Å². The quantitative estimate of drug-likeness (QED) is 0.392. The number of ketones is 1. The molecule has 1 aromatic carbocycles. The van der Waals surface area contributed by atoms with Crippen LogP contribution in [-0.4, -0.2) is 27.8 Å². The molecule has 2 rings (SSSR count). The lowest BCUT2D eigenvalue weighted by Crippen LogP contribution is -2.44. The average Bonchev–Trinajstić information content (AvgIpc) is 2.64. The molecule has 0 saturated heterocycles. The molecule has 1 heterocycles. The van der Waals surface area contributed by atoms with Crippen LogP contribution >= 0.6 is 0 Å². The van der Waals surface area contributed by atoms with Gasteiger partial charge in [0, 0.05) is 12.5 Å². The van der Waals surface area contributed by atoms with Crippen LogP contribution < -0.4 is 14.5 Å². The lowest BCUT2D eigenvalue weighted by atomic mass is 9.88. The molecular weight excluding hydrogens is 390 g/mol. The Morgan fingerprint density at radius 3 is 2.47 bits per heavy atom. The maximum atomic E-state index is 12.9. The first kappa shape index (κ1) is 24.7. The van der Waals surface area contributed by atoms with E-state index < -0.39 is 8.32 Å². The Hall–Kier alpha value is -1.59. The first-order valence-electron chi connectivity index (χ1n) is 11.2. The number of methoxy groups -OCH3 is 1. The minimum absolute atomic E-state index is 0.0131. The summed E-state index contributed by atoms with van der Waals surface area (Å²) in [5.41, 5.74) is 3.35. The molecule has 5 heteroatoms. The molecule has 1 atom stereocenters. The molecule has 4 nitrogen and oxygen atoms in total. The monoisotopic (exact) mass is 431 g/mol. The number of rotatable bonds is 8. The molecular formula is C25H41NO3Si. The number of fused-ring (bicyclic) bond motifs is 1. The fourth-order valence-electron chi connectivity index (χ4n) is 3.65. The summed E-state index contributed by atoms with van der Waals surface area (Å²) in [6, 6.07) is 4.25. The van der Waals surface area contributed by atoms with Crippen molar-refractivity contribution in [3.05, 3.63) is 34.9 Å². The van der Waals surface area contributed by atoms with Crippen molar-refractivity contribution < 1.29 is 14.0 Å². The van der Waals surface area contributed by atoms with Crippen LogP contribution in [0.3, 0.4) is 0 Å². The number of benzene rings is 1. The maximum Gasteiger partial charge on any atom is 0.250 e. The van der Waals surface area contributed by atoms with Crippen molar-refractivity contribution in [3.8, 4) is 11.5 Å². The summed E-state index contributed by atoms with van der Waals surface area (Å²) in [5.74, 6) is 2.30. The Balaban J connectivity index is 2.32. The second-order valence-electron chi connectivity index (χ2n) is 10.4. The highest BCUT2D eigenvalue weighted by Crippen LogP contribution is 2.42. The standard InChI is InChI=1S/C25H41NO3Si/c1-10-18(13-17(2)3)22(27)16-21-20-15-23(28-7)24(14-19(20)11-12-26-21)29-30(8,9)25(4,5)6/h10,14-15,17,21,26H,11-13,16H2,1-9H3. The van der Waals surface area contributed by atoms with Gasteiger partial charge in [-0.1, -0.05) is 40.7 Å². The predicted octanol–water partition coefficient (Wildman–Crippen LogP) is 6.22. The zero-order valence-corrected chi connectivity index (χ0v) is 21.4. The largest absolute Gasteiger partial charge is 0.541 e. The molecule has 1 aromatic rings. The summed E-state index contributed by atoms with van der Waals surface area (Å²) in [6.45, 7) is 18.4. The van der Waals surface area contributed by atoms with Crippen molar-refractivity contribution in [3.63, 3.8) is 0 Å². The lowest BCUT2D eigenvalue weighted by Gasteiger charge is -2.37. The average molecular weight is 432 g/mol. The molecule has 1 N–H and O–H groups in total. The first-order chi connectivity index (χ1) is 13.9. The van der Waals surface area contributed by atoms with E-state index in [-0.39, 0.29) is 16.9 Å². The minimum Gasteiger partial charge on any atom is -0.541 e. The van der Waals surface area contributed by atoms with E-state index in [1.807, 2.05) is 13.0 Å². The van der Waals surface area contributed by atoms with E-state index in [1.165, 1.54) is 5.56 Å². The van der Waals surface area contributed by atoms with Crippen molar-refractivity contribution in [2.24, 2.45) is 5.92 Å². The lowest BCUT2D eigenvalue weighted by molar-refractivity contribution is -0.116. The number of carbonyl (C=O) groups is 1. The van der Waals surface area contributed by atoms with Gasteiger partial charge in [0.15, 0.2) is 11.5 Å². The number of ether oxygens (including phenoxy) is 1. The summed E-state index contributed by atoms with van der Waals surface area (Å²) in [5, 5.41) is 3.66. The van der Waals surface area contributed by atoms with Gasteiger partial charge in [-0.15, -0.1) is 0 Å². The Labute approximate surface area is 184 Å². The number of allylic oxidation sites excluding steroid dienone is 2. The maximum absolute atomic E-state index is 12.9. The molecule has 30 heavy (non-hydrogen) atoms. The summed E-state index contributed by atoms with van der Waals surface area (Å²) in [7, 11) is -0.283. The van der Waals surface area contributed by atoms with Crippen molar-refractivity contribution >= 4 is 14.1 Å². The molecule has 1 aliphatic rings. The van der Waals surface area contributed by atoms with Gasteiger partial charge in [0.25, 0.3) is 8.32 Å². The van der Waals surface area contributed by atoms with Crippen LogP contribution in [0.4, 0.5) is 0 Å². The number of carbonyl (C=O) groups excluding carboxylic acids is 1. The van der Waals surface area contributed by atoms with Crippen molar-refractivity contribution in [2.45, 2.75) is 85.0 Å². The molecule has 1 aliphatic heterocycles. The van der Waals surface area contributed by atoms with Crippen LogP contribution in [0.1, 0.15) is 71.6 Å². The highest BCUT2D eigenvalue weighted by Gasteiger charge is 2.40. The van der Waals surface area contributed by atoms with Crippen LogP contribution in [0, 0.1) is 5.92 Å². The van der Waals surface area contributed by atoms with E-state index in [2.05, 4.69) is 65.2 Å². The Morgan fingerprint density at radius 2 is 1.93 bits per heavy atom. The predicted molar refractivity (Wildman–Crippen MR) is 128 cm³/mol. The number of nitrogens with one attached hydrogen (secondary N) is 1. The van der Waals surface area contributed by atoms with Gasteiger partial charge in [0.05, 0.1) is 7.11 Å². The molecule has 0 spiro atoms. The topological polar surface area (TPSA) is 47.6 Å². The second kappa shape index (κ2) is 9.69. The molecule has 168 valence electrons. The fraction of sp³-hybridized carbons (Fsp3) is 0.640. The zero-order valence-electron chi connectivity index (χ0n) is 20.4. The number of hydrogen-bond donors (Lipinski definition) is 1. The van der Waals surface area contributed by atoms with E-state index in [1.54, 1.807) is 7.11 Å². The van der Waals surface area contributed by atoms with Gasteiger partial charge in [-0.25, -0.2) is 0 Å². The molecule has 1 unspecified atom stereocenters. The fourth-order valence-corrected chi connectivity index (χ4v) is 4.66. The normalized spacial score (nSPS) is 17.7. The number of hydrogen-bond acceptors (Lipinski definition) is 4. The molecule has 0 bridgehead atoms. The van der Waals surface area contributed by atoms with E-state index in [0.717, 1.165) is 42.0 Å². The summed E-state index contributed by atoms with van der Waals surface area (Å²) >= 11 is 0. The van der Waals surface area contributed by atoms with Crippen LogP contribution in [-0.2, 0) is 11.2 Å². The molecule has 0 radical (unpaired) electrons. The Bertz CT molecular complexity index is 790. The third-order valence-electron chi connectivity index (χ3n) is 6.48. The van der Waals surface area contributed by atoms with Crippen molar-refractivity contribution in [1.82, 2.24) is 5.32 Å². The first-order valence-corrected chi connectivity index (χ1v) is 14.1. The smallest absolute Gasteiger partial charge is 0.250 e. The molecule has 0 aromatic heterocycles. The van der Waals surface area contributed by atoms with Crippen molar-refractivity contribution in [2.75, 3.05) is 13.7 Å². The van der Waals surface area contributed by atoms with E-state index in [4.69, 9.17) is 9.16 Å². The van der Waals surface area contributed by atoms with Crippen LogP contribution in [0.15, 0.2) is 23.8 Å². The van der Waals surface area contributed by atoms with E-state index >= 15 is 0 Å². The van der Waals surface area contributed by atoms with Crippen LogP contribution in [0.5, 0.6) is 11.5 Å². The van der Waals surface area contributed by atoms with Gasteiger partial charge in [0.1, 0.15) is 5.75 Å². The van der Waals surface area contributed by atoms with Gasteiger partial charge in [0.2, 0.25) is 0 Å². The SMILES string of the molecule is CC=C(CC(C)C)C(=O)CC1NCCc2cc(O[Si](C)(C)C(C)(C)C)c(OC)cc21. The third-order valence-corrected chi connectivity index (χ3v) is 10.8. The molecule has 0 fully saturated rings. The van der Waals surface area contributed by atoms with E-state index in [0.29, 0.717) is 12.3 Å². The summed E-state index contributed by atoms with van der Waals surface area (Å²) in [4.78, 5) is 12.9. The van der Waals surface area contributed by atoms with Gasteiger partial charge >= 0.3 is 0 Å². The Morgan fingerprint density at radius 1 is 1.27 bits per heavy atom. The third kappa shape index (κ3) is 5.76. The van der Waals surface area contributed by atoms with Crippen LogP contribution in [0.25, 0.3) is 0 Å². The van der Waals surface area contributed by atoms with Crippen molar-refractivity contribution in [1.29, 1.82) is 0 Å². The van der Waals surface area contributed by atoms with Gasteiger partial charge in [-0.2, -0.15) is 0 Å².